The average molecular weight is 500 g/mol. The molecule has 0 radical (unpaired) electrons. The van der Waals surface area contributed by atoms with Crippen LogP contribution in [0.15, 0.2) is 24.3 Å². The van der Waals surface area contributed by atoms with Crippen molar-refractivity contribution >= 4 is 23.3 Å². The van der Waals surface area contributed by atoms with Gasteiger partial charge in [-0.05, 0) is 74.6 Å². The number of benzene rings is 1. The van der Waals surface area contributed by atoms with Crippen LogP contribution in [0, 0.1) is 11.8 Å². The second-order valence-electron chi connectivity index (χ2n) is 11.6. The second kappa shape index (κ2) is 13.8. The van der Waals surface area contributed by atoms with Crippen LogP contribution in [-0.2, 0) is 4.79 Å². The lowest BCUT2D eigenvalue weighted by Crippen LogP contribution is -2.55. The van der Waals surface area contributed by atoms with Gasteiger partial charge in [0.15, 0.2) is 0 Å². The topological polar surface area (TPSA) is 81.9 Å². The van der Waals surface area contributed by atoms with Crippen molar-refractivity contribution in [2.24, 2.45) is 11.8 Å². The van der Waals surface area contributed by atoms with Gasteiger partial charge in [-0.15, -0.1) is 0 Å². The number of anilines is 2. The Kier molecular flexibility index (Phi) is 10.7. The normalized spacial score (nSPS) is 18.3. The molecule has 3 amide bonds. The van der Waals surface area contributed by atoms with Gasteiger partial charge in [-0.2, -0.15) is 0 Å². The number of urea groups is 1. The third-order valence-corrected chi connectivity index (χ3v) is 7.59. The van der Waals surface area contributed by atoms with Gasteiger partial charge in [0, 0.05) is 50.1 Å². The maximum absolute atomic E-state index is 13.6. The summed E-state index contributed by atoms with van der Waals surface area (Å²) in [5.41, 5.74) is 7.92. The Morgan fingerprint density at radius 2 is 1.53 bits per heavy atom. The first-order valence-electron chi connectivity index (χ1n) is 14.2. The molecule has 2 heterocycles. The zero-order valence-electron chi connectivity index (χ0n) is 23.0. The molecule has 0 aliphatic carbocycles. The molecule has 1 aromatic carbocycles. The van der Waals surface area contributed by atoms with Crippen LogP contribution in [0.4, 0.5) is 16.2 Å². The van der Waals surface area contributed by atoms with Gasteiger partial charge in [0.1, 0.15) is 6.04 Å². The summed E-state index contributed by atoms with van der Waals surface area (Å²) in [6.45, 7) is 12.8. The molecule has 1 atom stereocenters. The van der Waals surface area contributed by atoms with E-state index in [0.717, 1.165) is 70.5 Å². The minimum atomic E-state index is -0.452. The Morgan fingerprint density at radius 3 is 2.08 bits per heavy atom. The summed E-state index contributed by atoms with van der Waals surface area (Å²) in [6, 6.07) is 8.04. The molecule has 2 fully saturated rings. The first-order chi connectivity index (χ1) is 17.2. The molecule has 0 unspecified atom stereocenters. The van der Waals surface area contributed by atoms with Gasteiger partial charge in [0.05, 0.1) is 0 Å². The number of hydrogen-bond donors (Lipinski definition) is 2. The number of piperidine rings is 1. The number of carbonyl (C=O) groups excluding carboxylic acids is 2. The summed E-state index contributed by atoms with van der Waals surface area (Å²) in [6.07, 6.45) is 8.11. The van der Waals surface area contributed by atoms with Crippen LogP contribution < -0.4 is 16.0 Å². The van der Waals surface area contributed by atoms with E-state index < -0.39 is 6.04 Å². The minimum Gasteiger partial charge on any atom is -0.399 e. The predicted octanol–water partition coefficient (Wildman–Crippen LogP) is 5.11. The Morgan fingerprint density at radius 1 is 0.917 bits per heavy atom. The van der Waals surface area contributed by atoms with Crippen LogP contribution in [0.25, 0.3) is 0 Å². The van der Waals surface area contributed by atoms with Crippen LogP contribution in [0.5, 0.6) is 0 Å². The summed E-state index contributed by atoms with van der Waals surface area (Å²) >= 11 is 0. The third kappa shape index (κ3) is 8.31. The maximum atomic E-state index is 13.6. The number of rotatable bonds is 9. The van der Waals surface area contributed by atoms with E-state index in [-0.39, 0.29) is 11.9 Å². The molecule has 0 saturated carbocycles. The molecular weight excluding hydrogens is 450 g/mol. The van der Waals surface area contributed by atoms with E-state index in [9.17, 15) is 9.59 Å². The Hall–Kier alpha value is -2.44. The summed E-state index contributed by atoms with van der Waals surface area (Å²) in [5, 5.41) is 3.11. The molecule has 0 bridgehead atoms. The van der Waals surface area contributed by atoms with Gasteiger partial charge in [0.25, 0.3) is 0 Å². The van der Waals surface area contributed by atoms with E-state index in [1.54, 1.807) is 0 Å². The molecule has 2 aliphatic heterocycles. The number of nitrogens with one attached hydrogen (secondary N) is 1. The van der Waals surface area contributed by atoms with E-state index in [4.69, 9.17) is 5.73 Å². The van der Waals surface area contributed by atoms with Gasteiger partial charge in [-0.3, -0.25) is 4.79 Å². The fourth-order valence-electron chi connectivity index (χ4n) is 5.41. The highest BCUT2D eigenvalue weighted by molar-refractivity contribution is 5.87. The van der Waals surface area contributed by atoms with Crippen molar-refractivity contribution in [3.63, 3.8) is 0 Å². The zero-order valence-corrected chi connectivity index (χ0v) is 23.0. The molecular formula is C29H49N5O2. The van der Waals surface area contributed by atoms with Crippen molar-refractivity contribution in [3.05, 3.63) is 24.3 Å². The maximum Gasteiger partial charge on any atom is 0.318 e. The van der Waals surface area contributed by atoms with E-state index in [1.807, 2.05) is 21.9 Å². The largest absolute Gasteiger partial charge is 0.399 e. The van der Waals surface area contributed by atoms with Crippen LogP contribution in [0.1, 0.15) is 79.1 Å². The molecule has 36 heavy (non-hydrogen) atoms. The van der Waals surface area contributed by atoms with E-state index >= 15 is 0 Å². The molecule has 7 heteroatoms. The van der Waals surface area contributed by atoms with Crippen molar-refractivity contribution in [2.75, 3.05) is 43.4 Å². The van der Waals surface area contributed by atoms with E-state index in [0.29, 0.717) is 24.3 Å². The number of likely N-dealkylation sites (tertiary alicyclic amines) is 2. The minimum absolute atomic E-state index is 0.0750. The van der Waals surface area contributed by atoms with Crippen molar-refractivity contribution in [2.45, 2.75) is 91.1 Å². The van der Waals surface area contributed by atoms with Gasteiger partial charge in [-0.25, -0.2) is 4.79 Å². The lowest BCUT2D eigenvalue weighted by Gasteiger charge is -2.41. The fourth-order valence-corrected chi connectivity index (χ4v) is 5.41. The standard InChI is InChI=1S/C29H49N5O2/c1-22(2)13-20-34(25-11-9-24(30)10-12-25)26-14-18-32(19-15-26)28(35)27(21-23(3)4)31-29(36)33-16-7-5-6-8-17-33/h9-12,22-23,26-27H,5-8,13-21,30H2,1-4H3,(H,31,36)/t27-/m0/s1. The number of hydrogen-bond acceptors (Lipinski definition) is 4. The lowest BCUT2D eigenvalue weighted by molar-refractivity contribution is -0.134. The molecule has 202 valence electrons. The molecule has 0 aromatic heterocycles. The molecule has 2 aliphatic rings. The van der Waals surface area contributed by atoms with E-state index in [1.165, 1.54) is 18.5 Å². The Bertz CT molecular complexity index is 809. The highest BCUT2D eigenvalue weighted by Gasteiger charge is 2.32. The molecule has 3 N–H and O–H groups in total. The van der Waals surface area contributed by atoms with Crippen molar-refractivity contribution in [1.29, 1.82) is 0 Å². The summed E-state index contributed by atoms with van der Waals surface area (Å²) < 4.78 is 0. The average Bonchev–Trinajstić information content (AvgIpc) is 3.14. The fraction of sp³-hybridized carbons (Fsp3) is 0.724. The van der Waals surface area contributed by atoms with Gasteiger partial charge in [-0.1, -0.05) is 40.5 Å². The smallest absolute Gasteiger partial charge is 0.318 e. The highest BCUT2D eigenvalue weighted by Crippen LogP contribution is 2.26. The Balaban J connectivity index is 1.62. The monoisotopic (exact) mass is 499 g/mol. The van der Waals surface area contributed by atoms with Crippen LogP contribution in [0.3, 0.4) is 0 Å². The number of nitrogens with two attached hydrogens (primary N) is 1. The SMILES string of the molecule is CC(C)CCN(c1ccc(N)cc1)C1CCN(C(=O)[C@H](CC(C)C)NC(=O)N2CCCCCC2)CC1. The Labute approximate surface area is 218 Å². The molecule has 2 saturated heterocycles. The first kappa shape index (κ1) is 28.1. The van der Waals surface area contributed by atoms with Gasteiger partial charge >= 0.3 is 6.03 Å². The van der Waals surface area contributed by atoms with Crippen molar-refractivity contribution in [1.82, 2.24) is 15.1 Å². The first-order valence-corrected chi connectivity index (χ1v) is 14.2. The van der Waals surface area contributed by atoms with Crippen molar-refractivity contribution < 1.29 is 9.59 Å². The van der Waals surface area contributed by atoms with Crippen LogP contribution in [-0.4, -0.2) is 66.5 Å². The second-order valence-corrected chi connectivity index (χ2v) is 11.6. The number of nitrogen functional groups attached to an aromatic ring is 1. The van der Waals surface area contributed by atoms with Crippen LogP contribution >= 0.6 is 0 Å². The molecule has 1 aromatic rings. The molecule has 3 rings (SSSR count). The van der Waals surface area contributed by atoms with Gasteiger partial charge < -0.3 is 25.8 Å². The van der Waals surface area contributed by atoms with Gasteiger partial charge in [0.2, 0.25) is 5.91 Å². The number of carbonyl (C=O) groups is 2. The third-order valence-electron chi connectivity index (χ3n) is 7.59. The van der Waals surface area contributed by atoms with Crippen LogP contribution in [0.2, 0.25) is 0 Å². The van der Waals surface area contributed by atoms with E-state index in [2.05, 4.69) is 50.0 Å². The number of amides is 3. The lowest BCUT2D eigenvalue weighted by atomic mass is 9.98. The highest BCUT2D eigenvalue weighted by atomic mass is 16.2. The number of nitrogens with zero attached hydrogens (tertiary/aromatic N) is 3. The summed E-state index contributed by atoms with van der Waals surface area (Å²) in [4.78, 5) is 33.0. The zero-order chi connectivity index (χ0) is 26.1. The molecule has 0 spiro atoms. The predicted molar refractivity (Wildman–Crippen MR) is 149 cm³/mol. The summed E-state index contributed by atoms with van der Waals surface area (Å²) in [5.74, 6) is 1.04. The quantitative estimate of drug-likeness (QED) is 0.463. The van der Waals surface area contributed by atoms with Crippen molar-refractivity contribution in [3.8, 4) is 0 Å². The summed E-state index contributed by atoms with van der Waals surface area (Å²) in [7, 11) is 0. The molecule has 7 nitrogen and oxygen atoms in total.